The Morgan fingerprint density at radius 1 is 1.13 bits per heavy atom. The van der Waals surface area contributed by atoms with Crippen molar-refractivity contribution < 1.29 is 9.53 Å². The van der Waals surface area contributed by atoms with Crippen molar-refractivity contribution in [3.05, 3.63) is 71.8 Å². The number of hydrogen-bond acceptors (Lipinski definition) is 8. The molecule has 0 aliphatic carbocycles. The maximum atomic E-state index is 12.9. The zero-order valence-corrected chi connectivity index (χ0v) is 18.0. The summed E-state index contributed by atoms with van der Waals surface area (Å²) < 4.78 is 6.52. The normalized spacial score (nSPS) is 12.8. The number of nitrogens with zero attached hydrogens (tertiary/aromatic N) is 4. The highest BCUT2D eigenvalue weighted by Gasteiger charge is 2.18. The van der Waals surface area contributed by atoms with Crippen LogP contribution in [0.1, 0.15) is 36.1 Å². The predicted octanol–water partition coefficient (Wildman–Crippen LogP) is 3.85. The number of nitrogens with one attached hydrogen (secondary N) is 2. The molecule has 0 fully saturated rings. The minimum Gasteiger partial charge on any atom is -0.487 e. The van der Waals surface area contributed by atoms with Crippen molar-refractivity contribution in [2.45, 2.75) is 26.0 Å². The van der Waals surface area contributed by atoms with Gasteiger partial charge in [0.15, 0.2) is 5.69 Å². The molecule has 2 unspecified atom stereocenters. The van der Waals surface area contributed by atoms with E-state index in [0.717, 1.165) is 15.9 Å². The van der Waals surface area contributed by atoms with Gasteiger partial charge in [0.05, 0.1) is 34.7 Å². The van der Waals surface area contributed by atoms with Gasteiger partial charge in [-0.05, 0) is 49.6 Å². The molecule has 0 bridgehead atoms. The maximum Gasteiger partial charge on any atom is 0.271 e. The monoisotopic (exact) mass is 434 g/mol. The van der Waals surface area contributed by atoms with Crippen LogP contribution in [0.25, 0.3) is 10.2 Å². The van der Waals surface area contributed by atoms with Gasteiger partial charge in [-0.15, -0.1) is 11.3 Å². The van der Waals surface area contributed by atoms with Crippen molar-refractivity contribution in [2.75, 3.05) is 11.9 Å². The predicted molar refractivity (Wildman–Crippen MR) is 120 cm³/mol. The Morgan fingerprint density at radius 3 is 2.81 bits per heavy atom. The van der Waals surface area contributed by atoms with Crippen LogP contribution < -0.4 is 15.4 Å². The Bertz CT molecular complexity index is 1150. The fourth-order valence-electron chi connectivity index (χ4n) is 2.99. The SMILES string of the molecule is CC(CNC(=O)c1nc(NC(C)c2ccccn2)nc2ccsc12)Oc1cccnc1. The standard InChI is InChI=1S/C22H22N6O2S/c1-14(30-16-6-5-9-23-13-16)12-25-21(29)19-20-18(8-11-31-20)27-22(28-19)26-15(2)17-7-3-4-10-24-17/h3-11,13-15H,12H2,1-2H3,(H,25,29)(H,26,27,28). The fourth-order valence-corrected chi connectivity index (χ4v) is 3.81. The topological polar surface area (TPSA) is 102 Å². The molecule has 0 spiro atoms. The Hall–Kier alpha value is -3.59. The lowest BCUT2D eigenvalue weighted by molar-refractivity contribution is 0.0929. The van der Waals surface area contributed by atoms with Gasteiger partial charge in [-0.25, -0.2) is 9.97 Å². The molecule has 1 amide bonds. The van der Waals surface area contributed by atoms with Gasteiger partial charge in [-0.3, -0.25) is 14.8 Å². The van der Waals surface area contributed by atoms with E-state index in [4.69, 9.17) is 4.74 Å². The average Bonchev–Trinajstić information content (AvgIpc) is 3.27. The molecule has 4 rings (SSSR count). The van der Waals surface area contributed by atoms with Crippen molar-refractivity contribution in [3.63, 3.8) is 0 Å². The van der Waals surface area contributed by atoms with Gasteiger partial charge in [0.1, 0.15) is 11.9 Å². The number of amides is 1. The molecule has 4 heterocycles. The summed E-state index contributed by atoms with van der Waals surface area (Å²) in [7, 11) is 0. The van der Waals surface area contributed by atoms with Gasteiger partial charge in [-0.1, -0.05) is 6.07 Å². The third-order valence-corrected chi connectivity index (χ3v) is 5.43. The number of aromatic nitrogens is 4. The molecule has 0 aliphatic rings. The van der Waals surface area contributed by atoms with Crippen molar-refractivity contribution in [1.82, 2.24) is 25.3 Å². The first-order valence-electron chi connectivity index (χ1n) is 9.87. The second-order valence-corrected chi connectivity index (χ2v) is 7.89. The van der Waals surface area contributed by atoms with Crippen molar-refractivity contribution in [1.29, 1.82) is 0 Å². The van der Waals surface area contributed by atoms with Crippen molar-refractivity contribution in [2.24, 2.45) is 0 Å². The highest BCUT2D eigenvalue weighted by molar-refractivity contribution is 7.17. The minimum absolute atomic E-state index is 0.110. The summed E-state index contributed by atoms with van der Waals surface area (Å²) in [5.41, 5.74) is 1.92. The number of pyridine rings is 2. The maximum absolute atomic E-state index is 12.9. The van der Waals surface area contributed by atoms with Crippen LogP contribution in [0.2, 0.25) is 0 Å². The summed E-state index contributed by atoms with van der Waals surface area (Å²) >= 11 is 1.44. The van der Waals surface area contributed by atoms with Gasteiger partial charge >= 0.3 is 0 Å². The van der Waals surface area contributed by atoms with E-state index in [1.54, 1.807) is 24.7 Å². The molecule has 158 valence electrons. The molecular weight excluding hydrogens is 412 g/mol. The van der Waals surface area contributed by atoms with Crippen LogP contribution in [0, 0.1) is 0 Å². The average molecular weight is 435 g/mol. The highest BCUT2D eigenvalue weighted by Crippen LogP contribution is 2.25. The first-order valence-corrected chi connectivity index (χ1v) is 10.8. The summed E-state index contributed by atoms with van der Waals surface area (Å²) in [4.78, 5) is 30.3. The van der Waals surface area contributed by atoms with Crippen LogP contribution in [-0.4, -0.2) is 38.5 Å². The van der Waals surface area contributed by atoms with Gasteiger partial charge in [0, 0.05) is 12.4 Å². The molecule has 31 heavy (non-hydrogen) atoms. The summed E-state index contributed by atoms with van der Waals surface area (Å²) in [6.45, 7) is 4.19. The first kappa shape index (κ1) is 20.7. The molecule has 0 saturated carbocycles. The first-order chi connectivity index (χ1) is 15.1. The zero-order chi connectivity index (χ0) is 21.6. The largest absolute Gasteiger partial charge is 0.487 e. The lowest BCUT2D eigenvalue weighted by atomic mass is 10.2. The van der Waals surface area contributed by atoms with Gasteiger partial charge in [-0.2, -0.15) is 0 Å². The van der Waals surface area contributed by atoms with E-state index in [9.17, 15) is 4.79 Å². The minimum atomic E-state index is -0.273. The number of rotatable bonds is 8. The Balaban J connectivity index is 1.47. The number of thiophene rings is 1. The zero-order valence-electron chi connectivity index (χ0n) is 17.1. The molecule has 4 aromatic heterocycles. The van der Waals surface area contributed by atoms with Gasteiger partial charge in [0.2, 0.25) is 5.95 Å². The molecule has 4 aromatic rings. The molecule has 0 saturated heterocycles. The second-order valence-electron chi connectivity index (χ2n) is 6.98. The number of fused-ring (bicyclic) bond motifs is 1. The summed E-state index contributed by atoms with van der Waals surface area (Å²) in [6, 6.07) is 11.1. The lowest BCUT2D eigenvalue weighted by Crippen LogP contribution is -2.34. The molecule has 0 aliphatic heterocycles. The third kappa shape index (κ3) is 5.13. The van der Waals surface area contributed by atoms with Crippen molar-refractivity contribution in [3.8, 4) is 5.75 Å². The molecular formula is C22H22N6O2S. The summed E-state index contributed by atoms with van der Waals surface area (Å²) in [5.74, 6) is 0.765. The Kier molecular flexibility index (Phi) is 6.32. The van der Waals surface area contributed by atoms with Crippen molar-refractivity contribution >= 4 is 33.4 Å². The second kappa shape index (κ2) is 9.48. The molecule has 2 atom stereocenters. The molecule has 8 nitrogen and oxygen atoms in total. The van der Waals surface area contributed by atoms with E-state index in [1.807, 2.05) is 49.6 Å². The van der Waals surface area contributed by atoms with Crippen LogP contribution in [0.3, 0.4) is 0 Å². The Morgan fingerprint density at radius 2 is 2.03 bits per heavy atom. The van der Waals surface area contributed by atoms with E-state index < -0.39 is 0 Å². The van der Waals surface area contributed by atoms with Crippen LogP contribution >= 0.6 is 11.3 Å². The molecule has 0 radical (unpaired) electrons. The fraction of sp³-hybridized carbons (Fsp3) is 0.227. The molecule has 0 aromatic carbocycles. The number of ether oxygens (including phenoxy) is 1. The van der Waals surface area contributed by atoms with Crippen LogP contribution in [0.4, 0.5) is 5.95 Å². The van der Waals surface area contributed by atoms with Crippen LogP contribution in [0.15, 0.2) is 60.4 Å². The van der Waals surface area contributed by atoms with Crippen LogP contribution in [-0.2, 0) is 0 Å². The van der Waals surface area contributed by atoms with Gasteiger partial charge < -0.3 is 15.4 Å². The van der Waals surface area contributed by atoms with E-state index in [-0.39, 0.29) is 18.1 Å². The van der Waals surface area contributed by atoms with E-state index in [1.165, 1.54) is 11.3 Å². The summed E-state index contributed by atoms with van der Waals surface area (Å²) in [6.07, 6.45) is 4.83. The number of anilines is 1. The van der Waals surface area contributed by atoms with E-state index in [2.05, 4.69) is 30.6 Å². The highest BCUT2D eigenvalue weighted by atomic mass is 32.1. The molecule has 9 heteroatoms. The lowest BCUT2D eigenvalue weighted by Gasteiger charge is -2.16. The Labute approximate surface area is 183 Å². The van der Waals surface area contributed by atoms with Crippen LogP contribution in [0.5, 0.6) is 5.75 Å². The molecule has 2 N–H and O–H groups in total. The number of carbonyl (C=O) groups excluding carboxylic acids is 1. The number of carbonyl (C=O) groups is 1. The summed E-state index contributed by atoms with van der Waals surface area (Å²) in [5, 5.41) is 8.05. The van der Waals surface area contributed by atoms with E-state index in [0.29, 0.717) is 23.9 Å². The van der Waals surface area contributed by atoms with Gasteiger partial charge in [0.25, 0.3) is 5.91 Å². The number of hydrogen-bond donors (Lipinski definition) is 2. The smallest absolute Gasteiger partial charge is 0.271 e. The quantitative estimate of drug-likeness (QED) is 0.434. The van der Waals surface area contributed by atoms with E-state index >= 15 is 0 Å². The third-order valence-electron chi connectivity index (χ3n) is 4.52.